The van der Waals surface area contributed by atoms with Gasteiger partial charge in [0.15, 0.2) is 5.78 Å². The summed E-state index contributed by atoms with van der Waals surface area (Å²) in [5.74, 6) is 0.259. The first-order valence-electron chi connectivity index (χ1n) is 9.64. The summed E-state index contributed by atoms with van der Waals surface area (Å²) in [5, 5.41) is 3.40. The minimum Gasteiger partial charge on any atom is -0.358 e. The first-order chi connectivity index (χ1) is 13.5. The van der Waals surface area contributed by atoms with Crippen molar-refractivity contribution < 1.29 is 4.79 Å². The lowest BCUT2D eigenvalue weighted by molar-refractivity contribution is 0.0911. The van der Waals surface area contributed by atoms with Crippen molar-refractivity contribution in [2.24, 2.45) is 5.41 Å². The molecule has 0 amide bonds. The molecule has 0 fully saturated rings. The third-order valence-corrected chi connectivity index (χ3v) is 6.50. The van der Waals surface area contributed by atoms with Gasteiger partial charge in [0.1, 0.15) is 0 Å². The second-order valence-electron chi connectivity index (χ2n) is 8.48. The molecule has 0 atom stereocenters. The van der Waals surface area contributed by atoms with Gasteiger partial charge in [-0.15, -0.1) is 11.3 Å². The maximum atomic E-state index is 13.1. The Morgan fingerprint density at radius 2 is 1.93 bits per heavy atom. The highest BCUT2D eigenvalue weighted by atomic mass is 32.1. The molecule has 3 aromatic heterocycles. The van der Waals surface area contributed by atoms with Gasteiger partial charge >= 0.3 is 0 Å². The molecule has 28 heavy (non-hydrogen) atoms. The maximum absolute atomic E-state index is 13.1. The molecule has 0 saturated carbocycles. The van der Waals surface area contributed by atoms with Crippen LogP contribution in [0.3, 0.4) is 0 Å². The molecule has 1 N–H and O–H groups in total. The van der Waals surface area contributed by atoms with E-state index < -0.39 is 0 Å². The van der Waals surface area contributed by atoms with Crippen LogP contribution in [0.1, 0.15) is 47.4 Å². The second kappa shape index (κ2) is 6.42. The lowest BCUT2D eigenvalue weighted by Gasteiger charge is -2.28. The molecule has 1 aliphatic carbocycles. The molecule has 3 nitrogen and oxygen atoms in total. The van der Waals surface area contributed by atoms with E-state index in [0.717, 1.165) is 40.9 Å². The lowest BCUT2D eigenvalue weighted by Crippen LogP contribution is -2.27. The topological polar surface area (TPSA) is 45.8 Å². The van der Waals surface area contributed by atoms with E-state index in [2.05, 4.69) is 53.5 Å². The van der Waals surface area contributed by atoms with Crippen molar-refractivity contribution in [2.75, 3.05) is 0 Å². The van der Waals surface area contributed by atoms with Crippen LogP contribution in [-0.2, 0) is 12.8 Å². The summed E-state index contributed by atoms with van der Waals surface area (Å²) in [6.45, 7) is 4.34. The third-order valence-electron chi connectivity index (χ3n) is 5.62. The number of thiophene rings is 1. The minimum atomic E-state index is -0.00238. The summed E-state index contributed by atoms with van der Waals surface area (Å²) in [5.41, 5.74) is 6.50. The van der Waals surface area contributed by atoms with Crippen molar-refractivity contribution in [2.45, 2.75) is 33.1 Å². The van der Waals surface area contributed by atoms with Crippen LogP contribution < -0.4 is 0 Å². The van der Waals surface area contributed by atoms with Crippen molar-refractivity contribution in [3.8, 4) is 11.3 Å². The van der Waals surface area contributed by atoms with E-state index >= 15 is 0 Å². The summed E-state index contributed by atoms with van der Waals surface area (Å²) in [6.07, 6.45) is 5.87. The molecular formula is C24H22N2OS. The van der Waals surface area contributed by atoms with E-state index in [4.69, 9.17) is 0 Å². The highest BCUT2D eigenvalue weighted by Crippen LogP contribution is 2.40. The number of aromatic nitrogens is 2. The first kappa shape index (κ1) is 17.4. The molecule has 4 aromatic rings. The molecule has 0 saturated heterocycles. The Balaban J connectivity index is 1.66. The summed E-state index contributed by atoms with van der Waals surface area (Å²) >= 11 is 1.76. The van der Waals surface area contributed by atoms with Crippen LogP contribution in [0.15, 0.2) is 54.2 Å². The zero-order valence-corrected chi connectivity index (χ0v) is 16.9. The molecule has 1 aliphatic rings. The molecule has 0 radical (unpaired) electrons. The highest BCUT2D eigenvalue weighted by Gasteiger charge is 2.35. The van der Waals surface area contributed by atoms with Gasteiger partial charge < -0.3 is 4.98 Å². The van der Waals surface area contributed by atoms with E-state index in [0.29, 0.717) is 6.42 Å². The van der Waals surface area contributed by atoms with E-state index in [-0.39, 0.29) is 11.2 Å². The van der Waals surface area contributed by atoms with Crippen molar-refractivity contribution in [3.63, 3.8) is 0 Å². The minimum absolute atomic E-state index is 0.00238. The second-order valence-corrected chi connectivity index (χ2v) is 9.43. The smallest absolute Gasteiger partial charge is 0.165 e. The average Bonchev–Trinajstić information content (AvgIpc) is 3.26. The largest absolute Gasteiger partial charge is 0.358 e. The molecule has 0 unspecified atom stereocenters. The lowest BCUT2D eigenvalue weighted by atomic mass is 9.75. The van der Waals surface area contributed by atoms with Crippen LogP contribution in [0.5, 0.6) is 0 Å². The number of carbonyl (C=O) groups is 1. The summed E-state index contributed by atoms with van der Waals surface area (Å²) in [4.78, 5) is 20.9. The number of hydrogen-bond acceptors (Lipinski definition) is 3. The Morgan fingerprint density at radius 3 is 2.75 bits per heavy atom. The number of aromatic amines is 1. The van der Waals surface area contributed by atoms with Gasteiger partial charge in [-0.1, -0.05) is 26.0 Å². The van der Waals surface area contributed by atoms with Crippen LogP contribution in [0, 0.1) is 5.41 Å². The van der Waals surface area contributed by atoms with Crippen LogP contribution >= 0.6 is 11.3 Å². The van der Waals surface area contributed by atoms with Crippen molar-refractivity contribution in [1.82, 2.24) is 9.97 Å². The number of nitrogens with one attached hydrogen (secondary N) is 1. The Bertz CT molecular complexity index is 1180. The quantitative estimate of drug-likeness (QED) is 0.467. The summed E-state index contributed by atoms with van der Waals surface area (Å²) < 4.78 is 1.29. The normalized spacial score (nSPS) is 15.7. The maximum Gasteiger partial charge on any atom is 0.165 e. The molecule has 3 heterocycles. The number of pyridine rings is 1. The summed E-state index contributed by atoms with van der Waals surface area (Å²) in [6, 6.07) is 12.8. The molecule has 0 spiro atoms. The zero-order valence-electron chi connectivity index (χ0n) is 16.1. The molecule has 4 heteroatoms. The zero-order chi connectivity index (χ0) is 19.3. The fourth-order valence-electron chi connectivity index (χ4n) is 4.38. The van der Waals surface area contributed by atoms with Crippen molar-refractivity contribution >= 4 is 27.2 Å². The van der Waals surface area contributed by atoms with Gasteiger partial charge in [-0.2, -0.15) is 0 Å². The number of rotatable bonds is 3. The van der Waals surface area contributed by atoms with Crippen LogP contribution in [-0.4, -0.2) is 15.8 Å². The SMILES string of the molecule is CC1(C)CC(=O)c2c([nH]c(-c3ccncc3)c2Cc2ccc3ccsc3c2)C1. The number of Topliss-reactive ketones (excluding diaryl/α,β-unsaturated/α-hetero) is 1. The van der Waals surface area contributed by atoms with Crippen molar-refractivity contribution in [3.05, 3.63) is 76.6 Å². The predicted octanol–water partition coefficient (Wildman–Crippen LogP) is 6.04. The molecule has 0 aliphatic heterocycles. The first-order valence-corrected chi connectivity index (χ1v) is 10.5. The van der Waals surface area contributed by atoms with Crippen LogP contribution in [0.25, 0.3) is 21.3 Å². The number of fused-ring (bicyclic) bond motifs is 2. The number of benzene rings is 1. The van der Waals surface area contributed by atoms with E-state index in [9.17, 15) is 4.79 Å². The van der Waals surface area contributed by atoms with Gasteiger partial charge in [-0.05, 0) is 58.0 Å². The van der Waals surface area contributed by atoms with Crippen LogP contribution in [0.4, 0.5) is 0 Å². The van der Waals surface area contributed by atoms with E-state index in [1.165, 1.54) is 15.6 Å². The number of carbonyl (C=O) groups excluding carboxylic acids is 1. The molecular weight excluding hydrogens is 364 g/mol. The van der Waals surface area contributed by atoms with E-state index in [1.807, 2.05) is 24.5 Å². The Hall–Kier alpha value is -2.72. The van der Waals surface area contributed by atoms with E-state index in [1.54, 1.807) is 11.3 Å². The highest BCUT2D eigenvalue weighted by molar-refractivity contribution is 7.17. The van der Waals surface area contributed by atoms with Crippen molar-refractivity contribution in [1.29, 1.82) is 0 Å². The standard InChI is InChI=1S/C24H22N2OS/c1-24(2)13-19-22(20(27)14-24)18(23(26-19)17-5-8-25-9-6-17)11-15-3-4-16-7-10-28-21(16)12-15/h3-10,12,26H,11,13-14H2,1-2H3. The molecule has 5 rings (SSSR count). The Kier molecular flexibility index (Phi) is 3.98. The van der Waals surface area contributed by atoms with Gasteiger partial charge in [0.25, 0.3) is 0 Å². The fourth-order valence-corrected chi connectivity index (χ4v) is 5.24. The van der Waals surface area contributed by atoms with Gasteiger partial charge in [-0.3, -0.25) is 9.78 Å². The molecule has 140 valence electrons. The predicted molar refractivity (Wildman–Crippen MR) is 115 cm³/mol. The van der Waals surface area contributed by atoms with Gasteiger partial charge in [-0.25, -0.2) is 0 Å². The van der Waals surface area contributed by atoms with Gasteiger partial charge in [0, 0.05) is 46.8 Å². The third kappa shape index (κ3) is 2.98. The number of nitrogens with zero attached hydrogens (tertiary/aromatic N) is 1. The van der Waals surface area contributed by atoms with Gasteiger partial charge in [0.2, 0.25) is 0 Å². The van der Waals surface area contributed by atoms with Crippen LogP contribution in [0.2, 0.25) is 0 Å². The average molecular weight is 387 g/mol. The summed E-state index contributed by atoms with van der Waals surface area (Å²) in [7, 11) is 0. The number of H-pyrrole nitrogens is 1. The molecule has 1 aromatic carbocycles. The number of ketones is 1. The molecule has 0 bridgehead atoms. The Labute approximate surface area is 168 Å². The van der Waals surface area contributed by atoms with Gasteiger partial charge in [0.05, 0.1) is 5.69 Å². The Morgan fingerprint density at radius 1 is 1.11 bits per heavy atom. The fraction of sp³-hybridized carbons (Fsp3) is 0.250. The monoisotopic (exact) mass is 386 g/mol. The number of hydrogen-bond donors (Lipinski definition) is 1.